The van der Waals surface area contributed by atoms with E-state index in [1.54, 1.807) is 0 Å². The van der Waals surface area contributed by atoms with Crippen molar-refractivity contribution in [2.24, 2.45) is 0 Å². The summed E-state index contributed by atoms with van der Waals surface area (Å²) in [7, 11) is 0. The third-order valence-electron chi connectivity index (χ3n) is 4.88. The van der Waals surface area contributed by atoms with E-state index in [-0.39, 0.29) is 12.2 Å². The molecule has 0 spiro atoms. The highest BCUT2D eigenvalue weighted by atomic mass is 16.5. The van der Waals surface area contributed by atoms with Crippen molar-refractivity contribution in [3.8, 4) is 0 Å². The van der Waals surface area contributed by atoms with Crippen molar-refractivity contribution in [1.82, 2.24) is 0 Å². The molecule has 0 aliphatic carbocycles. The number of carbonyl (C=O) groups is 1. The summed E-state index contributed by atoms with van der Waals surface area (Å²) in [5, 5.41) is 11.1. The van der Waals surface area contributed by atoms with E-state index >= 15 is 0 Å². The molecule has 4 nitrogen and oxygen atoms in total. The lowest BCUT2D eigenvalue weighted by Crippen LogP contribution is -2.37. The summed E-state index contributed by atoms with van der Waals surface area (Å²) in [6, 6.07) is 15.6. The maximum atomic E-state index is 12.2. The van der Waals surface area contributed by atoms with E-state index in [9.17, 15) is 9.90 Å². The first kappa shape index (κ1) is 17.6. The van der Waals surface area contributed by atoms with Gasteiger partial charge in [-0.2, -0.15) is 0 Å². The Morgan fingerprint density at radius 1 is 1.08 bits per heavy atom. The molecular weight excluding hydrogens is 314 g/mol. The number of anilines is 1. The van der Waals surface area contributed by atoms with Crippen LogP contribution in [0.2, 0.25) is 0 Å². The molecule has 1 aliphatic heterocycles. The quantitative estimate of drug-likeness (QED) is 0.910. The third-order valence-corrected chi connectivity index (χ3v) is 4.88. The molecular formula is C21H25NO3. The molecule has 1 unspecified atom stereocenters. The molecule has 0 amide bonds. The Balaban J connectivity index is 1.84. The van der Waals surface area contributed by atoms with Gasteiger partial charge in [-0.25, -0.2) is 0 Å². The number of rotatable bonds is 5. The Bertz CT molecular complexity index is 718. The van der Waals surface area contributed by atoms with Crippen LogP contribution >= 0.6 is 0 Å². The summed E-state index contributed by atoms with van der Waals surface area (Å²) >= 11 is 0. The smallest absolute Gasteiger partial charge is 0.166 e. The molecule has 1 fully saturated rings. The number of nitrogens with zero attached hydrogens (tertiary/aromatic N) is 1. The summed E-state index contributed by atoms with van der Waals surface area (Å²) in [5.74, 6) is -0.243. The van der Waals surface area contributed by atoms with Crippen molar-refractivity contribution in [2.45, 2.75) is 25.9 Å². The minimum Gasteiger partial charge on any atom is -0.378 e. The average molecular weight is 339 g/mol. The van der Waals surface area contributed by atoms with Crippen molar-refractivity contribution in [1.29, 1.82) is 0 Å². The van der Waals surface area contributed by atoms with Gasteiger partial charge in [0.25, 0.3) is 0 Å². The highest BCUT2D eigenvalue weighted by molar-refractivity contribution is 5.86. The van der Waals surface area contributed by atoms with E-state index in [2.05, 4.69) is 4.90 Å². The predicted octanol–water partition coefficient (Wildman–Crippen LogP) is 2.85. The lowest BCUT2D eigenvalue weighted by atomic mass is 9.84. The van der Waals surface area contributed by atoms with Crippen LogP contribution in [0.1, 0.15) is 23.6 Å². The highest BCUT2D eigenvalue weighted by Gasteiger charge is 2.35. The standard InChI is InChI=1S/C21H25NO3/c1-16-3-5-18(6-4-16)15-21(24,17(2)23)19-7-9-20(10-8-19)22-11-13-25-14-12-22/h3-10,24H,11-15H2,1-2H3. The van der Waals surface area contributed by atoms with Crippen molar-refractivity contribution in [3.63, 3.8) is 0 Å². The molecule has 0 radical (unpaired) electrons. The van der Waals surface area contributed by atoms with Crippen molar-refractivity contribution >= 4 is 11.5 Å². The molecule has 2 aromatic rings. The molecule has 0 aromatic heterocycles. The number of hydrogen-bond donors (Lipinski definition) is 1. The van der Waals surface area contributed by atoms with Gasteiger partial charge in [-0.3, -0.25) is 4.79 Å². The van der Waals surface area contributed by atoms with Gasteiger partial charge in [0.2, 0.25) is 0 Å². The molecule has 1 N–H and O–H groups in total. The second kappa shape index (κ2) is 7.38. The Morgan fingerprint density at radius 2 is 1.68 bits per heavy atom. The Labute approximate surface area is 149 Å². The van der Waals surface area contributed by atoms with Gasteiger partial charge in [0.05, 0.1) is 13.2 Å². The number of ketones is 1. The Kier molecular flexibility index (Phi) is 5.21. The van der Waals surface area contributed by atoms with E-state index in [1.165, 1.54) is 6.92 Å². The minimum atomic E-state index is -1.50. The van der Waals surface area contributed by atoms with Crippen LogP contribution in [0.15, 0.2) is 48.5 Å². The number of Topliss-reactive ketones (excluding diaryl/α,β-unsaturated/α-hetero) is 1. The maximum absolute atomic E-state index is 12.2. The molecule has 1 atom stereocenters. The highest BCUT2D eigenvalue weighted by Crippen LogP contribution is 2.29. The molecule has 1 aliphatic rings. The fourth-order valence-corrected chi connectivity index (χ4v) is 3.20. The predicted molar refractivity (Wildman–Crippen MR) is 98.9 cm³/mol. The largest absolute Gasteiger partial charge is 0.378 e. The van der Waals surface area contributed by atoms with Gasteiger partial charge < -0.3 is 14.7 Å². The van der Waals surface area contributed by atoms with Crippen LogP contribution in [0.5, 0.6) is 0 Å². The molecule has 2 aromatic carbocycles. The second-order valence-electron chi connectivity index (χ2n) is 6.73. The summed E-state index contributed by atoms with van der Waals surface area (Å²) in [6.45, 7) is 6.65. The van der Waals surface area contributed by atoms with Gasteiger partial charge in [-0.05, 0) is 37.1 Å². The van der Waals surface area contributed by atoms with E-state index in [1.807, 2.05) is 55.5 Å². The summed E-state index contributed by atoms with van der Waals surface area (Å²) in [5.41, 5.74) is 2.33. The number of carbonyl (C=O) groups excluding carboxylic acids is 1. The minimum absolute atomic E-state index is 0.243. The molecule has 1 saturated heterocycles. The van der Waals surface area contributed by atoms with Crippen LogP contribution in [0.4, 0.5) is 5.69 Å². The Hall–Kier alpha value is -2.17. The SMILES string of the molecule is CC(=O)C(O)(Cc1ccc(C)cc1)c1ccc(N2CCOCC2)cc1. The van der Waals surface area contributed by atoms with E-state index in [4.69, 9.17) is 4.74 Å². The zero-order chi connectivity index (χ0) is 17.9. The van der Waals surface area contributed by atoms with Gasteiger partial charge >= 0.3 is 0 Å². The second-order valence-corrected chi connectivity index (χ2v) is 6.73. The van der Waals surface area contributed by atoms with E-state index < -0.39 is 5.60 Å². The maximum Gasteiger partial charge on any atom is 0.166 e. The molecule has 0 bridgehead atoms. The molecule has 1 heterocycles. The molecule has 3 rings (SSSR count). The van der Waals surface area contributed by atoms with Crippen LogP contribution in [0, 0.1) is 6.92 Å². The summed E-state index contributed by atoms with van der Waals surface area (Å²) < 4.78 is 5.38. The number of ether oxygens (including phenoxy) is 1. The monoisotopic (exact) mass is 339 g/mol. The van der Waals surface area contributed by atoms with Gasteiger partial charge in [0.15, 0.2) is 11.4 Å². The van der Waals surface area contributed by atoms with Gasteiger partial charge in [0, 0.05) is 25.2 Å². The van der Waals surface area contributed by atoms with E-state index in [0.717, 1.165) is 43.1 Å². The van der Waals surface area contributed by atoms with E-state index in [0.29, 0.717) is 5.56 Å². The van der Waals surface area contributed by atoms with Crippen LogP contribution < -0.4 is 4.90 Å². The first-order valence-corrected chi connectivity index (χ1v) is 8.71. The lowest BCUT2D eigenvalue weighted by Gasteiger charge is -2.30. The number of aryl methyl sites for hydroxylation is 1. The topological polar surface area (TPSA) is 49.8 Å². The van der Waals surface area contributed by atoms with Crippen LogP contribution in [0.25, 0.3) is 0 Å². The number of hydrogen-bond acceptors (Lipinski definition) is 4. The number of morpholine rings is 1. The molecule has 4 heteroatoms. The summed E-state index contributed by atoms with van der Waals surface area (Å²) in [6.07, 6.45) is 0.277. The lowest BCUT2D eigenvalue weighted by molar-refractivity contribution is -0.136. The number of benzene rings is 2. The van der Waals surface area contributed by atoms with Crippen molar-refractivity contribution in [2.75, 3.05) is 31.2 Å². The van der Waals surface area contributed by atoms with Crippen LogP contribution in [0.3, 0.4) is 0 Å². The van der Waals surface area contributed by atoms with Gasteiger partial charge in [-0.15, -0.1) is 0 Å². The van der Waals surface area contributed by atoms with Crippen LogP contribution in [-0.2, 0) is 21.6 Å². The molecule has 25 heavy (non-hydrogen) atoms. The fraction of sp³-hybridized carbons (Fsp3) is 0.381. The average Bonchev–Trinajstić information content (AvgIpc) is 2.64. The Morgan fingerprint density at radius 3 is 2.24 bits per heavy atom. The van der Waals surface area contributed by atoms with Crippen molar-refractivity contribution < 1.29 is 14.6 Å². The first-order chi connectivity index (χ1) is 12.0. The zero-order valence-electron chi connectivity index (χ0n) is 14.9. The normalized spacial score (nSPS) is 17.2. The first-order valence-electron chi connectivity index (χ1n) is 8.71. The fourth-order valence-electron chi connectivity index (χ4n) is 3.20. The third kappa shape index (κ3) is 3.91. The van der Waals surface area contributed by atoms with Gasteiger partial charge in [0.1, 0.15) is 0 Å². The number of aliphatic hydroxyl groups is 1. The van der Waals surface area contributed by atoms with Gasteiger partial charge in [-0.1, -0.05) is 42.0 Å². The summed E-state index contributed by atoms with van der Waals surface area (Å²) in [4.78, 5) is 14.5. The van der Waals surface area contributed by atoms with Crippen molar-refractivity contribution in [3.05, 3.63) is 65.2 Å². The van der Waals surface area contributed by atoms with Crippen LogP contribution in [-0.4, -0.2) is 37.2 Å². The molecule has 0 saturated carbocycles. The molecule has 132 valence electrons. The zero-order valence-corrected chi connectivity index (χ0v) is 14.9.